The number of halogens is 3. The molecule has 0 unspecified atom stereocenters. The van der Waals surface area contributed by atoms with Gasteiger partial charge in [-0.25, -0.2) is 4.39 Å². The van der Waals surface area contributed by atoms with E-state index < -0.39 is 40.4 Å². The molecule has 122 valence electrons. The Morgan fingerprint density at radius 3 is 2.78 bits per heavy atom. The molecule has 1 amide bonds. The van der Waals surface area contributed by atoms with E-state index in [9.17, 15) is 28.1 Å². The number of aryl methyl sites for hydroxylation is 1. The van der Waals surface area contributed by atoms with Crippen LogP contribution in [0.25, 0.3) is 0 Å². The van der Waals surface area contributed by atoms with Crippen LogP contribution in [-0.4, -0.2) is 27.2 Å². The lowest BCUT2D eigenvalue weighted by Crippen LogP contribution is -2.18. The molecule has 0 fully saturated rings. The molecule has 0 atom stereocenters. The number of amides is 1. The molecule has 0 aliphatic carbocycles. The average molecular weight is 330 g/mol. The smallest absolute Gasteiger partial charge is 0.387 e. The van der Waals surface area contributed by atoms with Gasteiger partial charge >= 0.3 is 12.3 Å². The third-order valence-electron chi connectivity index (χ3n) is 2.74. The summed E-state index contributed by atoms with van der Waals surface area (Å²) in [7, 11) is 1.29. The van der Waals surface area contributed by atoms with E-state index in [1.807, 2.05) is 0 Å². The van der Waals surface area contributed by atoms with E-state index in [0.717, 1.165) is 23.0 Å². The number of ether oxygens (including phenoxy) is 1. The van der Waals surface area contributed by atoms with Gasteiger partial charge in [0.25, 0.3) is 5.91 Å². The van der Waals surface area contributed by atoms with Gasteiger partial charge in [-0.3, -0.25) is 19.6 Å². The van der Waals surface area contributed by atoms with Gasteiger partial charge in [0.2, 0.25) is 5.69 Å². The quantitative estimate of drug-likeness (QED) is 0.670. The van der Waals surface area contributed by atoms with Crippen LogP contribution < -0.4 is 10.1 Å². The second-order valence-corrected chi connectivity index (χ2v) is 4.23. The van der Waals surface area contributed by atoms with Crippen molar-refractivity contribution in [2.45, 2.75) is 6.61 Å². The fourth-order valence-electron chi connectivity index (χ4n) is 1.80. The number of nitrogens with zero attached hydrogens (tertiary/aromatic N) is 3. The molecule has 1 heterocycles. The molecule has 1 aromatic heterocycles. The van der Waals surface area contributed by atoms with Crippen LogP contribution in [0.15, 0.2) is 24.4 Å². The molecule has 0 bridgehead atoms. The molecule has 2 rings (SSSR count). The Morgan fingerprint density at radius 1 is 1.48 bits per heavy atom. The van der Waals surface area contributed by atoms with Crippen LogP contribution >= 0.6 is 0 Å². The van der Waals surface area contributed by atoms with Crippen LogP contribution in [0.2, 0.25) is 0 Å². The van der Waals surface area contributed by atoms with Crippen molar-refractivity contribution < 1.29 is 27.6 Å². The summed E-state index contributed by atoms with van der Waals surface area (Å²) in [6.07, 6.45) is 0.871. The summed E-state index contributed by atoms with van der Waals surface area (Å²) >= 11 is 0. The largest absolute Gasteiger partial charge is 0.432 e. The highest BCUT2D eigenvalue weighted by Gasteiger charge is 2.26. The molecule has 0 saturated carbocycles. The molecule has 0 aliphatic heterocycles. The molecule has 1 N–H and O–H groups in total. The number of anilines is 1. The van der Waals surface area contributed by atoms with Crippen molar-refractivity contribution in [3.05, 3.63) is 46.0 Å². The first-order valence-corrected chi connectivity index (χ1v) is 6.01. The first kappa shape index (κ1) is 16.3. The Kier molecular flexibility index (Phi) is 4.48. The van der Waals surface area contributed by atoms with E-state index in [4.69, 9.17) is 0 Å². The highest BCUT2D eigenvalue weighted by molar-refractivity contribution is 6.06. The summed E-state index contributed by atoms with van der Waals surface area (Å²) in [5, 5.41) is 16.6. The zero-order chi connectivity index (χ0) is 17.1. The summed E-state index contributed by atoms with van der Waals surface area (Å²) in [4.78, 5) is 22.2. The van der Waals surface area contributed by atoms with Gasteiger partial charge in [-0.1, -0.05) is 0 Å². The van der Waals surface area contributed by atoms with Crippen molar-refractivity contribution >= 4 is 17.3 Å². The third kappa shape index (κ3) is 3.56. The van der Waals surface area contributed by atoms with Crippen molar-refractivity contribution in [2.75, 3.05) is 5.32 Å². The number of carbonyl (C=O) groups excluding carboxylic acids is 1. The molecular formula is C12H9F3N4O4. The van der Waals surface area contributed by atoms with Crippen molar-refractivity contribution in [1.29, 1.82) is 0 Å². The normalized spacial score (nSPS) is 10.7. The Morgan fingerprint density at radius 2 is 2.17 bits per heavy atom. The average Bonchev–Trinajstić information content (AvgIpc) is 2.83. The van der Waals surface area contributed by atoms with Crippen molar-refractivity contribution in [2.24, 2.45) is 7.05 Å². The third-order valence-corrected chi connectivity index (χ3v) is 2.74. The molecule has 1 aromatic carbocycles. The first-order valence-electron chi connectivity index (χ1n) is 6.01. The lowest BCUT2D eigenvalue weighted by molar-refractivity contribution is -0.385. The van der Waals surface area contributed by atoms with Gasteiger partial charge in [-0.15, -0.1) is 0 Å². The Balaban J connectivity index is 2.34. The maximum Gasteiger partial charge on any atom is 0.387 e. The first-order chi connectivity index (χ1) is 10.8. The van der Waals surface area contributed by atoms with E-state index in [1.54, 1.807) is 0 Å². The lowest BCUT2D eigenvalue weighted by Gasteiger charge is -2.11. The number of nitro groups is 1. The van der Waals surface area contributed by atoms with Gasteiger partial charge in [0, 0.05) is 13.1 Å². The highest BCUT2D eigenvalue weighted by Crippen LogP contribution is 2.28. The SMILES string of the molecule is Cn1ncc([N+](=O)[O-])c1C(=O)Nc1ccc(F)cc1OC(F)F. The van der Waals surface area contributed by atoms with Gasteiger partial charge in [-0.2, -0.15) is 13.9 Å². The summed E-state index contributed by atoms with van der Waals surface area (Å²) in [5.41, 5.74) is -1.24. The standard InChI is InChI=1S/C12H9F3N4O4/c1-18-10(8(5-16-18)19(21)22)11(20)17-7-3-2-6(13)4-9(7)23-12(14)15/h2-5,12H,1H3,(H,17,20). The highest BCUT2D eigenvalue weighted by atomic mass is 19.3. The molecule has 8 nitrogen and oxygen atoms in total. The van der Waals surface area contributed by atoms with E-state index in [2.05, 4.69) is 15.2 Å². The summed E-state index contributed by atoms with van der Waals surface area (Å²) in [5.74, 6) is -2.45. The number of hydrogen-bond acceptors (Lipinski definition) is 5. The van der Waals surface area contributed by atoms with E-state index >= 15 is 0 Å². The number of rotatable bonds is 5. The van der Waals surface area contributed by atoms with E-state index in [-0.39, 0.29) is 5.69 Å². The zero-order valence-electron chi connectivity index (χ0n) is 11.5. The van der Waals surface area contributed by atoms with Crippen LogP contribution in [-0.2, 0) is 7.05 Å². The predicted molar refractivity (Wildman–Crippen MR) is 70.8 cm³/mol. The predicted octanol–water partition coefficient (Wildman–Crippen LogP) is 2.32. The second-order valence-electron chi connectivity index (χ2n) is 4.23. The number of benzene rings is 1. The number of alkyl halides is 2. The summed E-state index contributed by atoms with van der Waals surface area (Å²) in [6, 6.07) is 2.55. The maximum absolute atomic E-state index is 13.1. The minimum absolute atomic E-state index is 0.271. The van der Waals surface area contributed by atoms with E-state index in [0.29, 0.717) is 6.07 Å². The molecule has 0 spiro atoms. The molecule has 11 heteroatoms. The Hall–Kier alpha value is -3.11. The molecule has 0 saturated heterocycles. The summed E-state index contributed by atoms with van der Waals surface area (Å²) in [6.45, 7) is -3.24. The lowest BCUT2D eigenvalue weighted by atomic mass is 10.2. The monoisotopic (exact) mass is 330 g/mol. The zero-order valence-corrected chi connectivity index (χ0v) is 11.5. The van der Waals surface area contributed by atoms with Crippen molar-refractivity contribution in [3.63, 3.8) is 0 Å². The van der Waals surface area contributed by atoms with Crippen LogP contribution in [0.3, 0.4) is 0 Å². The summed E-state index contributed by atoms with van der Waals surface area (Å²) < 4.78 is 42.8. The van der Waals surface area contributed by atoms with Gasteiger partial charge < -0.3 is 10.1 Å². The van der Waals surface area contributed by atoms with Gasteiger partial charge in [0.1, 0.15) is 12.0 Å². The minimum atomic E-state index is -3.24. The van der Waals surface area contributed by atoms with Crippen molar-refractivity contribution in [1.82, 2.24) is 9.78 Å². The molecule has 23 heavy (non-hydrogen) atoms. The number of hydrogen-bond donors (Lipinski definition) is 1. The fourth-order valence-corrected chi connectivity index (χ4v) is 1.80. The Labute approximate surface area is 126 Å². The maximum atomic E-state index is 13.1. The minimum Gasteiger partial charge on any atom is -0.432 e. The van der Waals surface area contributed by atoms with Crippen LogP contribution in [0.5, 0.6) is 5.75 Å². The van der Waals surface area contributed by atoms with Crippen molar-refractivity contribution in [3.8, 4) is 5.75 Å². The van der Waals surface area contributed by atoms with Crippen LogP contribution in [0.1, 0.15) is 10.5 Å². The number of nitrogens with one attached hydrogen (secondary N) is 1. The number of carbonyl (C=O) groups is 1. The molecule has 0 radical (unpaired) electrons. The van der Waals surface area contributed by atoms with Gasteiger partial charge in [0.05, 0.1) is 10.6 Å². The van der Waals surface area contributed by atoms with Gasteiger partial charge in [0.15, 0.2) is 5.75 Å². The second kappa shape index (κ2) is 6.34. The molecule has 2 aromatic rings. The van der Waals surface area contributed by atoms with Crippen LogP contribution in [0.4, 0.5) is 24.5 Å². The van der Waals surface area contributed by atoms with Crippen LogP contribution in [0, 0.1) is 15.9 Å². The Bertz CT molecular complexity index is 763. The topological polar surface area (TPSA) is 99.3 Å². The van der Waals surface area contributed by atoms with E-state index in [1.165, 1.54) is 7.05 Å². The van der Waals surface area contributed by atoms with Gasteiger partial charge in [-0.05, 0) is 12.1 Å². The number of aromatic nitrogens is 2. The fraction of sp³-hybridized carbons (Fsp3) is 0.167. The molecular weight excluding hydrogens is 321 g/mol. The molecule has 0 aliphatic rings.